The van der Waals surface area contributed by atoms with E-state index in [1.54, 1.807) is 6.42 Å². The lowest BCUT2D eigenvalue weighted by molar-refractivity contribution is -0.0428. The lowest BCUT2D eigenvalue weighted by atomic mass is 9.64. The Morgan fingerprint density at radius 3 is 1.54 bits per heavy atom. The molecule has 0 aromatic rings. The Morgan fingerprint density at radius 1 is 0.769 bits per heavy atom. The van der Waals surface area contributed by atoms with Gasteiger partial charge in [0.1, 0.15) is 0 Å². The van der Waals surface area contributed by atoms with E-state index >= 15 is 0 Å². The van der Waals surface area contributed by atoms with Crippen molar-refractivity contribution < 1.29 is 0 Å². The molecule has 0 radical (unpaired) electrons. The zero-order valence-corrected chi connectivity index (χ0v) is 9.29. The van der Waals surface area contributed by atoms with Crippen molar-refractivity contribution in [3.8, 4) is 0 Å². The SMILES string of the molecule is CC.CN1C2CC3CC(C2)CC1C3. The van der Waals surface area contributed by atoms with E-state index in [0.29, 0.717) is 0 Å². The second-order valence-corrected chi connectivity index (χ2v) is 4.88. The second-order valence-electron chi connectivity index (χ2n) is 4.88. The maximum atomic E-state index is 2.66. The molecule has 4 rings (SSSR count). The van der Waals surface area contributed by atoms with Crippen LogP contribution in [0, 0.1) is 11.8 Å². The molecule has 1 nitrogen and oxygen atoms in total. The van der Waals surface area contributed by atoms with E-state index in [4.69, 9.17) is 0 Å². The summed E-state index contributed by atoms with van der Waals surface area (Å²) >= 11 is 0. The Labute approximate surface area is 82.5 Å². The number of hydrogen-bond donors (Lipinski definition) is 0. The molecule has 2 aliphatic heterocycles. The van der Waals surface area contributed by atoms with Crippen molar-refractivity contribution in [2.45, 2.75) is 58.0 Å². The molecule has 0 atom stereocenters. The van der Waals surface area contributed by atoms with Crippen LogP contribution in [0.15, 0.2) is 0 Å². The fraction of sp³-hybridized carbons (Fsp3) is 1.00. The minimum Gasteiger partial charge on any atom is -0.300 e. The molecule has 2 heterocycles. The molecule has 2 aliphatic carbocycles. The highest BCUT2D eigenvalue weighted by Gasteiger charge is 2.44. The molecule has 4 bridgehead atoms. The monoisotopic (exact) mass is 181 g/mol. The van der Waals surface area contributed by atoms with Crippen molar-refractivity contribution >= 4 is 0 Å². The van der Waals surface area contributed by atoms with Gasteiger partial charge in [0.25, 0.3) is 0 Å². The smallest absolute Gasteiger partial charge is 0.0100 e. The maximum absolute atomic E-state index is 2.66. The minimum atomic E-state index is 0.978. The van der Waals surface area contributed by atoms with E-state index in [2.05, 4.69) is 11.9 Å². The molecule has 2 saturated heterocycles. The van der Waals surface area contributed by atoms with Gasteiger partial charge in [0.05, 0.1) is 0 Å². The fourth-order valence-electron chi connectivity index (χ4n) is 3.74. The number of nitrogens with zero attached hydrogens (tertiary/aromatic N) is 1. The Bertz CT molecular complexity index is 148. The van der Waals surface area contributed by atoms with Crippen LogP contribution in [0.25, 0.3) is 0 Å². The third-order valence-electron chi connectivity index (χ3n) is 4.24. The Balaban J connectivity index is 0.000000308. The van der Waals surface area contributed by atoms with E-state index in [9.17, 15) is 0 Å². The second kappa shape index (κ2) is 3.61. The topological polar surface area (TPSA) is 3.24 Å². The van der Waals surface area contributed by atoms with Gasteiger partial charge in [-0.3, -0.25) is 0 Å². The highest BCUT2D eigenvalue weighted by Crippen LogP contribution is 2.48. The van der Waals surface area contributed by atoms with E-state index in [0.717, 1.165) is 23.9 Å². The van der Waals surface area contributed by atoms with Gasteiger partial charge in [0.2, 0.25) is 0 Å². The van der Waals surface area contributed by atoms with Crippen molar-refractivity contribution in [1.82, 2.24) is 4.90 Å². The summed E-state index contributed by atoms with van der Waals surface area (Å²) in [6.07, 6.45) is 7.64. The molecule has 4 aliphatic rings. The van der Waals surface area contributed by atoms with Gasteiger partial charge < -0.3 is 4.90 Å². The van der Waals surface area contributed by atoms with Gasteiger partial charge in [-0.05, 0) is 51.0 Å². The minimum absolute atomic E-state index is 0.978. The summed E-state index contributed by atoms with van der Waals surface area (Å²) in [5.41, 5.74) is 0. The lowest BCUT2D eigenvalue weighted by Gasteiger charge is -2.55. The molecule has 0 aromatic heterocycles. The summed E-state index contributed by atoms with van der Waals surface area (Å²) in [6.45, 7) is 4.00. The molecule has 0 amide bonds. The number of hydrogen-bond acceptors (Lipinski definition) is 1. The van der Waals surface area contributed by atoms with Gasteiger partial charge in [0, 0.05) is 12.1 Å². The Hall–Kier alpha value is -0.0400. The highest BCUT2D eigenvalue weighted by molar-refractivity contribution is 4.99. The molecular formula is C12H23N. The maximum Gasteiger partial charge on any atom is 0.0100 e. The van der Waals surface area contributed by atoms with E-state index < -0.39 is 0 Å². The van der Waals surface area contributed by atoms with Crippen LogP contribution in [0.4, 0.5) is 0 Å². The molecule has 0 aromatic carbocycles. The lowest BCUT2D eigenvalue weighted by Crippen LogP contribution is -2.56. The highest BCUT2D eigenvalue weighted by atomic mass is 15.2. The molecule has 4 fully saturated rings. The van der Waals surface area contributed by atoms with Gasteiger partial charge in [-0.2, -0.15) is 0 Å². The molecule has 2 saturated carbocycles. The molecule has 0 unspecified atom stereocenters. The summed E-state index contributed by atoms with van der Waals surface area (Å²) in [5.74, 6) is 2.24. The largest absolute Gasteiger partial charge is 0.300 e. The molecule has 0 N–H and O–H groups in total. The summed E-state index contributed by atoms with van der Waals surface area (Å²) < 4.78 is 0. The Kier molecular flexibility index (Phi) is 2.64. The van der Waals surface area contributed by atoms with Crippen LogP contribution >= 0.6 is 0 Å². The first-order chi connectivity index (χ1) is 6.33. The molecular weight excluding hydrogens is 158 g/mol. The van der Waals surface area contributed by atoms with Gasteiger partial charge >= 0.3 is 0 Å². The number of piperidine rings is 2. The van der Waals surface area contributed by atoms with Crippen LogP contribution in [0.1, 0.15) is 46.0 Å². The first-order valence-electron chi connectivity index (χ1n) is 6.05. The average Bonchev–Trinajstić information content (AvgIpc) is 2.16. The summed E-state index contributed by atoms with van der Waals surface area (Å²) in [7, 11) is 2.34. The predicted octanol–water partition coefficient (Wildman–Crippen LogP) is 2.91. The zero-order valence-electron chi connectivity index (χ0n) is 9.29. The van der Waals surface area contributed by atoms with Crippen LogP contribution in [0.5, 0.6) is 0 Å². The van der Waals surface area contributed by atoms with E-state index in [1.165, 1.54) is 25.7 Å². The average molecular weight is 181 g/mol. The summed E-state index contributed by atoms with van der Waals surface area (Å²) in [5, 5.41) is 0. The van der Waals surface area contributed by atoms with Crippen molar-refractivity contribution in [2.75, 3.05) is 7.05 Å². The molecule has 76 valence electrons. The van der Waals surface area contributed by atoms with Gasteiger partial charge in [-0.15, -0.1) is 0 Å². The summed E-state index contributed by atoms with van der Waals surface area (Å²) in [4.78, 5) is 2.66. The van der Waals surface area contributed by atoms with Gasteiger partial charge in [-0.1, -0.05) is 13.8 Å². The third-order valence-corrected chi connectivity index (χ3v) is 4.24. The molecule has 13 heavy (non-hydrogen) atoms. The predicted molar refractivity (Wildman–Crippen MR) is 56.8 cm³/mol. The Morgan fingerprint density at radius 2 is 1.15 bits per heavy atom. The van der Waals surface area contributed by atoms with Crippen molar-refractivity contribution in [2.24, 2.45) is 11.8 Å². The first-order valence-corrected chi connectivity index (χ1v) is 6.05. The van der Waals surface area contributed by atoms with Crippen LogP contribution in [-0.4, -0.2) is 24.0 Å². The summed E-state index contributed by atoms with van der Waals surface area (Å²) in [6, 6.07) is 1.96. The molecule has 0 spiro atoms. The van der Waals surface area contributed by atoms with Gasteiger partial charge in [0.15, 0.2) is 0 Å². The quantitative estimate of drug-likeness (QED) is 0.555. The van der Waals surface area contributed by atoms with Crippen LogP contribution in [-0.2, 0) is 0 Å². The molecule has 1 heteroatoms. The van der Waals surface area contributed by atoms with Crippen LogP contribution in [0.2, 0.25) is 0 Å². The van der Waals surface area contributed by atoms with E-state index in [1.807, 2.05) is 13.8 Å². The number of rotatable bonds is 0. The van der Waals surface area contributed by atoms with Crippen LogP contribution in [0.3, 0.4) is 0 Å². The van der Waals surface area contributed by atoms with Gasteiger partial charge in [-0.25, -0.2) is 0 Å². The standard InChI is InChI=1S/C10H17N.C2H6/c1-11-9-3-7-2-8(5-9)6-10(11)4-7;1-2/h7-10H,2-6H2,1H3;1-2H3. The van der Waals surface area contributed by atoms with Crippen molar-refractivity contribution in [1.29, 1.82) is 0 Å². The fourth-order valence-corrected chi connectivity index (χ4v) is 3.74. The van der Waals surface area contributed by atoms with Crippen molar-refractivity contribution in [3.63, 3.8) is 0 Å². The zero-order chi connectivity index (χ0) is 9.42. The van der Waals surface area contributed by atoms with E-state index in [-0.39, 0.29) is 0 Å². The third kappa shape index (κ3) is 1.52. The first kappa shape index (κ1) is 9.51. The van der Waals surface area contributed by atoms with Crippen molar-refractivity contribution in [3.05, 3.63) is 0 Å². The van der Waals surface area contributed by atoms with Crippen LogP contribution < -0.4 is 0 Å². The normalized spacial score (nSPS) is 47.3.